The number of carbonyl (C=O) groups is 1. The number of aliphatic hydroxyl groups excluding tert-OH is 1. The van der Waals surface area contributed by atoms with Crippen molar-refractivity contribution in [3.63, 3.8) is 0 Å². The summed E-state index contributed by atoms with van der Waals surface area (Å²) in [5.41, 5.74) is -0.317. The van der Waals surface area contributed by atoms with Gasteiger partial charge in [-0.05, 0) is 64.0 Å². The van der Waals surface area contributed by atoms with Gasteiger partial charge in [-0.3, -0.25) is 14.4 Å². The summed E-state index contributed by atoms with van der Waals surface area (Å²) in [5, 5.41) is 11.2. The molecule has 210 valence electrons. The molecule has 1 heterocycles. The first-order chi connectivity index (χ1) is 18.5. The molecule has 0 saturated heterocycles. The van der Waals surface area contributed by atoms with E-state index in [9.17, 15) is 17.6 Å². The van der Waals surface area contributed by atoms with Crippen LogP contribution in [0.2, 0.25) is 0 Å². The largest absolute Gasteiger partial charge is 0.394 e. The van der Waals surface area contributed by atoms with E-state index in [0.717, 1.165) is 24.4 Å². The predicted octanol–water partition coefficient (Wildman–Crippen LogP) is 3.50. The molecule has 0 spiro atoms. The number of hydrogen-bond donors (Lipinski definition) is 5. The summed E-state index contributed by atoms with van der Waals surface area (Å²) in [7, 11) is -4.14. The highest BCUT2D eigenvalue weighted by Crippen LogP contribution is 2.32. The molecule has 0 aliphatic heterocycles. The Morgan fingerprint density at radius 3 is 2.49 bits per heavy atom. The van der Waals surface area contributed by atoms with E-state index in [4.69, 9.17) is 9.94 Å². The minimum Gasteiger partial charge on any atom is -0.394 e. The maximum Gasteiger partial charge on any atom is 0.300 e. The van der Waals surface area contributed by atoms with Crippen molar-refractivity contribution < 1.29 is 40.7 Å². The van der Waals surface area contributed by atoms with E-state index in [-0.39, 0.29) is 24.4 Å². The number of nitrogens with zero attached hydrogens (tertiary/aromatic N) is 1. The first-order valence-corrected chi connectivity index (χ1v) is 13.7. The molecular formula is C23H22F4IN5O5S. The SMILES string of the molecule is CCNS(=O)(=O)Nc1nccc(Cc2cc(C(=O)NOCCO)c(Nc3ccc(I)cc3F)c(F)c2F)c1F. The summed E-state index contributed by atoms with van der Waals surface area (Å²) in [6.07, 6.45) is 0.436. The third kappa shape index (κ3) is 7.75. The van der Waals surface area contributed by atoms with Crippen LogP contribution in [0.3, 0.4) is 0 Å². The van der Waals surface area contributed by atoms with E-state index in [2.05, 4.69) is 15.0 Å². The Morgan fingerprint density at radius 2 is 1.82 bits per heavy atom. The van der Waals surface area contributed by atoms with Crippen LogP contribution in [-0.4, -0.2) is 44.2 Å². The summed E-state index contributed by atoms with van der Waals surface area (Å²) in [4.78, 5) is 21.2. The van der Waals surface area contributed by atoms with Gasteiger partial charge in [-0.15, -0.1) is 0 Å². The van der Waals surface area contributed by atoms with Gasteiger partial charge < -0.3 is 10.4 Å². The number of aliphatic hydroxyl groups is 1. The zero-order chi connectivity index (χ0) is 28.7. The summed E-state index contributed by atoms with van der Waals surface area (Å²) in [6.45, 7) is 0.749. The number of nitrogens with one attached hydrogen (secondary N) is 4. The van der Waals surface area contributed by atoms with Crippen LogP contribution in [0.15, 0.2) is 36.5 Å². The number of carbonyl (C=O) groups excluding carboxylic acids is 1. The molecule has 3 rings (SSSR count). The quantitative estimate of drug-likeness (QED) is 0.0852. The number of hydrogen-bond acceptors (Lipinski definition) is 7. The van der Waals surface area contributed by atoms with E-state index in [1.807, 2.05) is 32.8 Å². The Hall–Kier alpha value is -3.06. The van der Waals surface area contributed by atoms with Crippen molar-refractivity contribution in [3.05, 3.63) is 80.1 Å². The van der Waals surface area contributed by atoms with Crippen molar-refractivity contribution in [1.29, 1.82) is 0 Å². The predicted molar refractivity (Wildman–Crippen MR) is 142 cm³/mol. The molecule has 3 aromatic rings. The molecule has 0 aliphatic carbocycles. The normalized spacial score (nSPS) is 11.4. The smallest absolute Gasteiger partial charge is 0.300 e. The van der Waals surface area contributed by atoms with Crippen LogP contribution < -0.4 is 20.2 Å². The number of pyridine rings is 1. The molecule has 1 aromatic heterocycles. The standard InChI is InChI=1S/C23H22F4IN5O5S/c1-2-30-39(36,37)33-22-19(26)12(5-6-29-22)9-13-10-15(23(35)32-38-8-7-34)21(20(27)18(13)25)31-17-4-3-14(28)11-16(17)24/h3-6,10-11,30-31,34H,2,7-9H2,1H3,(H,29,33)(H,32,35). The zero-order valence-corrected chi connectivity index (χ0v) is 23.1. The molecule has 16 heteroatoms. The van der Waals surface area contributed by atoms with Crippen molar-refractivity contribution in [2.75, 3.05) is 29.8 Å². The van der Waals surface area contributed by atoms with Gasteiger partial charge in [-0.25, -0.2) is 28.0 Å². The fourth-order valence-electron chi connectivity index (χ4n) is 3.30. The van der Waals surface area contributed by atoms with Crippen molar-refractivity contribution in [2.45, 2.75) is 13.3 Å². The van der Waals surface area contributed by atoms with Crippen LogP contribution in [-0.2, 0) is 21.5 Å². The van der Waals surface area contributed by atoms with E-state index in [1.54, 1.807) is 0 Å². The zero-order valence-electron chi connectivity index (χ0n) is 20.1. The van der Waals surface area contributed by atoms with Crippen LogP contribution in [0.1, 0.15) is 28.4 Å². The average Bonchev–Trinajstić information content (AvgIpc) is 2.87. The molecule has 0 radical (unpaired) electrons. The van der Waals surface area contributed by atoms with E-state index in [0.29, 0.717) is 3.57 Å². The molecule has 0 atom stereocenters. The van der Waals surface area contributed by atoms with E-state index >= 15 is 13.2 Å². The van der Waals surface area contributed by atoms with Gasteiger partial charge in [0.25, 0.3) is 16.1 Å². The second-order valence-electron chi connectivity index (χ2n) is 7.75. The molecule has 39 heavy (non-hydrogen) atoms. The number of halogens is 5. The second kappa shape index (κ2) is 13.3. The molecule has 1 amide bonds. The van der Waals surface area contributed by atoms with Gasteiger partial charge in [0.15, 0.2) is 23.3 Å². The highest BCUT2D eigenvalue weighted by molar-refractivity contribution is 14.1. The van der Waals surface area contributed by atoms with Crippen molar-refractivity contribution >= 4 is 55.9 Å². The lowest BCUT2D eigenvalue weighted by atomic mass is 10.00. The minimum atomic E-state index is -4.14. The molecule has 0 unspecified atom stereocenters. The third-order valence-corrected chi connectivity index (χ3v) is 6.79. The summed E-state index contributed by atoms with van der Waals surface area (Å²) < 4.78 is 88.4. The Morgan fingerprint density at radius 1 is 1.08 bits per heavy atom. The van der Waals surface area contributed by atoms with Crippen LogP contribution in [0, 0.1) is 26.8 Å². The molecule has 0 bridgehead atoms. The van der Waals surface area contributed by atoms with Crippen LogP contribution in [0.5, 0.6) is 0 Å². The number of aromatic nitrogens is 1. The highest BCUT2D eigenvalue weighted by atomic mass is 127. The number of rotatable bonds is 12. The first kappa shape index (κ1) is 30.5. The Balaban J connectivity index is 2.05. The number of benzene rings is 2. The van der Waals surface area contributed by atoms with E-state index in [1.165, 1.54) is 19.1 Å². The Kier molecular flexibility index (Phi) is 10.4. The minimum absolute atomic E-state index is 0.0144. The number of amides is 1. The van der Waals surface area contributed by atoms with E-state index < -0.39 is 75.0 Å². The first-order valence-electron chi connectivity index (χ1n) is 11.1. The van der Waals surface area contributed by atoms with Crippen LogP contribution >= 0.6 is 22.6 Å². The number of hydroxylamine groups is 1. The lowest BCUT2D eigenvalue weighted by molar-refractivity contribution is 0.0168. The van der Waals surface area contributed by atoms with Crippen molar-refractivity contribution in [3.8, 4) is 0 Å². The van der Waals surface area contributed by atoms with Crippen LogP contribution in [0.25, 0.3) is 0 Å². The molecule has 5 N–H and O–H groups in total. The Labute approximate surface area is 234 Å². The lowest BCUT2D eigenvalue weighted by Gasteiger charge is -2.17. The fourth-order valence-corrected chi connectivity index (χ4v) is 4.60. The third-order valence-electron chi connectivity index (χ3n) is 4.99. The lowest BCUT2D eigenvalue weighted by Crippen LogP contribution is -2.30. The Bertz CT molecular complexity index is 1480. The molecule has 0 saturated carbocycles. The maximum absolute atomic E-state index is 15.3. The van der Waals surface area contributed by atoms with Gasteiger partial charge in [-0.1, -0.05) is 6.92 Å². The van der Waals surface area contributed by atoms with Gasteiger partial charge in [-0.2, -0.15) is 13.1 Å². The summed E-state index contributed by atoms with van der Waals surface area (Å²) in [5.74, 6) is -6.76. The summed E-state index contributed by atoms with van der Waals surface area (Å²) >= 11 is 1.85. The van der Waals surface area contributed by atoms with Crippen molar-refractivity contribution in [1.82, 2.24) is 15.2 Å². The molecular weight excluding hydrogens is 661 g/mol. The fraction of sp³-hybridized carbons (Fsp3) is 0.217. The molecule has 0 fully saturated rings. The monoisotopic (exact) mass is 683 g/mol. The second-order valence-corrected chi connectivity index (χ2v) is 10.5. The highest BCUT2D eigenvalue weighted by Gasteiger charge is 2.25. The van der Waals surface area contributed by atoms with Gasteiger partial charge in [0, 0.05) is 22.7 Å². The molecule has 10 nitrogen and oxygen atoms in total. The van der Waals surface area contributed by atoms with Gasteiger partial charge >= 0.3 is 0 Å². The van der Waals surface area contributed by atoms with Gasteiger partial charge in [0.2, 0.25) is 0 Å². The summed E-state index contributed by atoms with van der Waals surface area (Å²) in [6, 6.07) is 5.91. The topological polar surface area (TPSA) is 142 Å². The molecule has 0 aliphatic rings. The van der Waals surface area contributed by atoms with Crippen LogP contribution in [0.4, 0.5) is 34.8 Å². The van der Waals surface area contributed by atoms with Gasteiger partial charge in [0.05, 0.1) is 30.2 Å². The average molecular weight is 683 g/mol. The maximum atomic E-state index is 15.3. The van der Waals surface area contributed by atoms with Crippen molar-refractivity contribution in [2.24, 2.45) is 0 Å². The van der Waals surface area contributed by atoms with Gasteiger partial charge in [0.1, 0.15) is 5.82 Å². The number of anilines is 3. The molecule has 2 aromatic carbocycles.